The fourth-order valence-corrected chi connectivity index (χ4v) is 1.75. The lowest BCUT2D eigenvalue weighted by molar-refractivity contribution is -0.121. The first-order valence-electron chi connectivity index (χ1n) is 7.12. The molecule has 0 heterocycles. The lowest BCUT2D eigenvalue weighted by atomic mass is 10.0. The Hall–Kier alpha value is -1.55. The number of hydrogen-bond acceptors (Lipinski definition) is 3. The number of rotatable bonds is 9. The molecule has 1 aromatic carbocycles. The van der Waals surface area contributed by atoms with Gasteiger partial charge in [0.15, 0.2) is 0 Å². The van der Waals surface area contributed by atoms with Gasteiger partial charge in [0.25, 0.3) is 0 Å². The molecule has 0 saturated carbocycles. The highest BCUT2D eigenvalue weighted by atomic mass is 16.5. The zero-order chi connectivity index (χ0) is 14.8. The Morgan fingerprint density at radius 2 is 1.90 bits per heavy atom. The van der Waals surface area contributed by atoms with Crippen molar-refractivity contribution in [2.75, 3.05) is 26.9 Å². The van der Waals surface area contributed by atoms with Gasteiger partial charge in [-0.1, -0.05) is 26.0 Å². The summed E-state index contributed by atoms with van der Waals surface area (Å²) in [5.74, 6) is 1.43. The molecular weight excluding hydrogens is 254 g/mol. The Balaban J connectivity index is 2.16. The summed E-state index contributed by atoms with van der Waals surface area (Å²) in [6, 6.07) is 8.12. The summed E-state index contributed by atoms with van der Waals surface area (Å²) in [5.41, 5.74) is 1.30. The molecule has 0 aliphatic heterocycles. The van der Waals surface area contributed by atoms with E-state index in [2.05, 4.69) is 31.3 Å². The zero-order valence-corrected chi connectivity index (χ0v) is 12.6. The van der Waals surface area contributed by atoms with Crippen LogP contribution in [0, 0.1) is 0 Å². The van der Waals surface area contributed by atoms with Gasteiger partial charge in [-0.05, 0) is 30.0 Å². The Kier molecular flexibility index (Phi) is 7.73. The van der Waals surface area contributed by atoms with Crippen LogP contribution in [0.2, 0.25) is 0 Å². The second-order valence-electron chi connectivity index (χ2n) is 5.02. The third-order valence-corrected chi connectivity index (χ3v) is 2.99. The van der Waals surface area contributed by atoms with Crippen LogP contribution in [0.25, 0.3) is 0 Å². The standard InChI is InChI=1S/C16H25NO3/c1-13(2)14-6-8-15(9-7-14)20-11-4-5-16(18)17-10-12-19-3/h6-9,13H,4-5,10-12H2,1-3H3,(H,17,18). The average molecular weight is 279 g/mol. The largest absolute Gasteiger partial charge is 0.494 e. The van der Waals surface area contributed by atoms with E-state index in [9.17, 15) is 4.79 Å². The molecular formula is C16H25NO3. The molecule has 0 unspecified atom stereocenters. The number of amides is 1. The number of nitrogens with one attached hydrogen (secondary N) is 1. The van der Waals surface area contributed by atoms with Crippen molar-refractivity contribution in [2.24, 2.45) is 0 Å². The molecule has 0 fully saturated rings. The predicted octanol–water partition coefficient (Wildman–Crippen LogP) is 2.73. The van der Waals surface area contributed by atoms with Gasteiger partial charge in [-0.2, -0.15) is 0 Å². The summed E-state index contributed by atoms with van der Waals surface area (Å²) in [5, 5.41) is 2.78. The van der Waals surface area contributed by atoms with Gasteiger partial charge < -0.3 is 14.8 Å². The Bertz CT molecular complexity index is 387. The Morgan fingerprint density at radius 1 is 1.20 bits per heavy atom. The molecule has 0 spiro atoms. The van der Waals surface area contributed by atoms with E-state index >= 15 is 0 Å². The normalized spacial score (nSPS) is 10.6. The fourth-order valence-electron chi connectivity index (χ4n) is 1.75. The van der Waals surface area contributed by atoms with Crippen LogP contribution in [0.5, 0.6) is 5.75 Å². The second-order valence-corrected chi connectivity index (χ2v) is 5.02. The van der Waals surface area contributed by atoms with Gasteiger partial charge in [0, 0.05) is 20.1 Å². The van der Waals surface area contributed by atoms with Crippen molar-refractivity contribution in [3.8, 4) is 5.75 Å². The molecule has 1 aromatic rings. The molecule has 0 aliphatic rings. The summed E-state index contributed by atoms with van der Waals surface area (Å²) < 4.78 is 10.5. The van der Waals surface area contributed by atoms with E-state index in [0.29, 0.717) is 38.5 Å². The molecule has 0 aromatic heterocycles. The minimum atomic E-state index is 0.0424. The van der Waals surface area contributed by atoms with E-state index in [1.54, 1.807) is 7.11 Å². The summed E-state index contributed by atoms with van der Waals surface area (Å²) in [4.78, 5) is 11.4. The fraction of sp³-hybridized carbons (Fsp3) is 0.562. The molecule has 4 heteroatoms. The number of hydrogen-bond donors (Lipinski definition) is 1. The maximum atomic E-state index is 11.4. The quantitative estimate of drug-likeness (QED) is 0.707. The monoisotopic (exact) mass is 279 g/mol. The minimum Gasteiger partial charge on any atom is -0.494 e. The van der Waals surface area contributed by atoms with Crippen LogP contribution >= 0.6 is 0 Å². The van der Waals surface area contributed by atoms with Crippen molar-refractivity contribution in [1.82, 2.24) is 5.32 Å². The predicted molar refractivity (Wildman–Crippen MR) is 80.1 cm³/mol. The van der Waals surface area contributed by atoms with Gasteiger partial charge in [-0.25, -0.2) is 0 Å². The van der Waals surface area contributed by atoms with Gasteiger partial charge in [0.1, 0.15) is 5.75 Å². The van der Waals surface area contributed by atoms with E-state index in [0.717, 1.165) is 5.75 Å². The van der Waals surface area contributed by atoms with Gasteiger partial charge in [0.05, 0.1) is 13.2 Å². The minimum absolute atomic E-state index is 0.0424. The Labute approximate surface area is 121 Å². The molecule has 4 nitrogen and oxygen atoms in total. The summed E-state index contributed by atoms with van der Waals surface area (Å²) in [7, 11) is 1.62. The van der Waals surface area contributed by atoms with Crippen molar-refractivity contribution in [3.05, 3.63) is 29.8 Å². The highest BCUT2D eigenvalue weighted by Crippen LogP contribution is 2.18. The molecule has 0 saturated heterocycles. The van der Waals surface area contributed by atoms with Crippen molar-refractivity contribution < 1.29 is 14.3 Å². The van der Waals surface area contributed by atoms with Crippen LogP contribution in [0.3, 0.4) is 0 Å². The molecule has 1 rings (SSSR count). The number of benzene rings is 1. The maximum Gasteiger partial charge on any atom is 0.220 e. The molecule has 112 valence electrons. The van der Waals surface area contributed by atoms with E-state index in [-0.39, 0.29) is 5.91 Å². The van der Waals surface area contributed by atoms with Gasteiger partial charge in [0.2, 0.25) is 5.91 Å². The molecule has 0 aliphatic carbocycles. The van der Waals surface area contributed by atoms with Gasteiger partial charge >= 0.3 is 0 Å². The molecule has 0 atom stereocenters. The molecule has 1 N–H and O–H groups in total. The topological polar surface area (TPSA) is 47.6 Å². The number of carbonyl (C=O) groups excluding carboxylic acids is 1. The first-order chi connectivity index (χ1) is 9.63. The Morgan fingerprint density at radius 3 is 2.50 bits per heavy atom. The number of ether oxygens (including phenoxy) is 2. The number of carbonyl (C=O) groups is 1. The van der Waals surface area contributed by atoms with Crippen LogP contribution < -0.4 is 10.1 Å². The van der Waals surface area contributed by atoms with E-state index in [1.807, 2.05) is 12.1 Å². The van der Waals surface area contributed by atoms with Crippen LogP contribution in [0.1, 0.15) is 38.2 Å². The molecule has 0 bridgehead atoms. The van der Waals surface area contributed by atoms with Crippen molar-refractivity contribution in [3.63, 3.8) is 0 Å². The van der Waals surface area contributed by atoms with Gasteiger partial charge in [-0.15, -0.1) is 0 Å². The molecule has 0 radical (unpaired) electrons. The maximum absolute atomic E-state index is 11.4. The van der Waals surface area contributed by atoms with E-state index in [1.165, 1.54) is 5.56 Å². The zero-order valence-electron chi connectivity index (χ0n) is 12.6. The number of methoxy groups -OCH3 is 1. The van der Waals surface area contributed by atoms with Crippen LogP contribution in [-0.2, 0) is 9.53 Å². The summed E-state index contributed by atoms with van der Waals surface area (Å²) in [6.07, 6.45) is 1.19. The smallest absolute Gasteiger partial charge is 0.220 e. The van der Waals surface area contributed by atoms with Crippen molar-refractivity contribution in [2.45, 2.75) is 32.6 Å². The summed E-state index contributed by atoms with van der Waals surface area (Å²) in [6.45, 7) is 5.99. The third-order valence-electron chi connectivity index (χ3n) is 2.99. The van der Waals surface area contributed by atoms with Crippen molar-refractivity contribution in [1.29, 1.82) is 0 Å². The third kappa shape index (κ3) is 6.57. The second kappa shape index (κ2) is 9.37. The first kappa shape index (κ1) is 16.5. The van der Waals surface area contributed by atoms with Crippen molar-refractivity contribution >= 4 is 5.91 Å². The summed E-state index contributed by atoms with van der Waals surface area (Å²) >= 11 is 0. The van der Waals surface area contributed by atoms with Crippen LogP contribution in [0.15, 0.2) is 24.3 Å². The van der Waals surface area contributed by atoms with E-state index < -0.39 is 0 Å². The lowest BCUT2D eigenvalue weighted by Crippen LogP contribution is -2.26. The highest BCUT2D eigenvalue weighted by molar-refractivity contribution is 5.75. The van der Waals surface area contributed by atoms with Crippen LogP contribution in [0.4, 0.5) is 0 Å². The van der Waals surface area contributed by atoms with Gasteiger partial charge in [-0.3, -0.25) is 4.79 Å². The first-order valence-corrected chi connectivity index (χ1v) is 7.12. The highest BCUT2D eigenvalue weighted by Gasteiger charge is 2.02. The average Bonchev–Trinajstić information content (AvgIpc) is 2.44. The SMILES string of the molecule is COCCNC(=O)CCCOc1ccc(C(C)C)cc1. The molecule has 20 heavy (non-hydrogen) atoms. The van der Waals surface area contributed by atoms with E-state index in [4.69, 9.17) is 9.47 Å². The lowest BCUT2D eigenvalue weighted by Gasteiger charge is -2.09. The van der Waals surface area contributed by atoms with Crippen LogP contribution in [-0.4, -0.2) is 32.8 Å². The molecule has 1 amide bonds.